The van der Waals surface area contributed by atoms with Crippen molar-refractivity contribution in [3.8, 4) is 5.75 Å². The molecule has 1 fully saturated rings. The summed E-state index contributed by atoms with van der Waals surface area (Å²) in [7, 11) is 0. The second-order valence-electron chi connectivity index (χ2n) is 5.28. The fraction of sp³-hybridized carbons (Fsp3) is 0.600. The van der Waals surface area contributed by atoms with Crippen molar-refractivity contribution in [2.24, 2.45) is 0 Å². The summed E-state index contributed by atoms with van der Waals surface area (Å²) in [6.45, 7) is 1.97. The molecule has 1 atom stereocenters. The van der Waals surface area contributed by atoms with Crippen LogP contribution in [0.1, 0.15) is 18.0 Å². The van der Waals surface area contributed by atoms with Gasteiger partial charge in [0.05, 0.1) is 6.67 Å². The number of para-hydroxylation sites is 1. The summed E-state index contributed by atoms with van der Waals surface area (Å²) in [5.74, 6) is -0.338. The van der Waals surface area contributed by atoms with Gasteiger partial charge in [0, 0.05) is 37.8 Å². The first kappa shape index (κ1) is 20.9. The predicted octanol–water partition coefficient (Wildman–Crippen LogP) is 3.65. The lowest BCUT2D eigenvalue weighted by atomic mass is 10.0. The van der Waals surface area contributed by atoms with Gasteiger partial charge >= 0.3 is 12.5 Å². The minimum atomic E-state index is -4.58. The van der Waals surface area contributed by atoms with Crippen LogP contribution in [0.3, 0.4) is 0 Å². The molecule has 1 aromatic rings. The molecule has 1 aliphatic heterocycles. The molecule has 0 aromatic heterocycles. The van der Waals surface area contributed by atoms with Crippen molar-refractivity contribution in [3.63, 3.8) is 0 Å². The van der Waals surface area contributed by atoms with Crippen molar-refractivity contribution in [2.75, 3.05) is 32.9 Å². The first-order chi connectivity index (χ1) is 11.0. The number of nitrogens with zero attached hydrogens (tertiary/aromatic N) is 1. The Kier molecular flexibility index (Phi) is 8.18. The third kappa shape index (κ3) is 5.19. The van der Waals surface area contributed by atoms with Crippen molar-refractivity contribution in [1.82, 2.24) is 10.2 Å². The number of rotatable bonds is 7. The van der Waals surface area contributed by atoms with Crippen LogP contribution in [-0.4, -0.2) is 50.3 Å². The lowest BCUT2D eigenvalue weighted by Crippen LogP contribution is -2.45. The summed E-state index contributed by atoms with van der Waals surface area (Å²) >= 11 is 0. The summed E-state index contributed by atoms with van der Waals surface area (Å²) in [5.41, 5.74) is 0.298. The Hall–Kier alpha value is -1.12. The van der Waals surface area contributed by atoms with Gasteiger partial charge in [-0.3, -0.25) is 9.29 Å². The zero-order valence-electron chi connectivity index (χ0n) is 12.9. The number of benzene rings is 1. The van der Waals surface area contributed by atoms with Crippen LogP contribution in [0, 0.1) is 0 Å². The number of ether oxygens (including phenoxy) is 1. The Morgan fingerprint density at radius 2 is 1.79 bits per heavy atom. The molecule has 3 nitrogen and oxygen atoms in total. The maximum absolute atomic E-state index is 13.2. The van der Waals surface area contributed by atoms with Gasteiger partial charge in [-0.2, -0.15) is 17.6 Å². The van der Waals surface area contributed by atoms with E-state index in [2.05, 4.69) is 10.1 Å². The van der Waals surface area contributed by atoms with Gasteiger partial charge in [-0.05, 0) is 12.5 Å². The highest BCUT2D eigenvalue weighted by molar-refractivity contribution is 5.85. The van der Waals surface area contributed by atoms with E-state index in [9.17, 15) is 22.0 Å². The molecule has 1 aromatic carbocycles. The Morgan fingerprint density at radius 1 is 1.17 bits per heavy atom. The van der Waals surface area contributed by atoms with E-state index in [0.29, 0.717) is 31.7 Å². The number of hydrogen-bond acceptors (Lipinski definition) is 3. The smallest absolute Gasteiger partial charge is 0.428 e. The molecule has 9 heteroatoms. The van der Waals surface area contributed by atoms with Gasteiger partial charge in [-0.1, -0.05) is 18.2 Å². The zero-order chi connectivity index (χ0) is 16.9. The molecule has 0 bridgehead atoms. The number of piperazine rings is 1. The molecule has 0 radical (unpaired) electrons. The molecular formula is C15H20ClF5N2O. The first-order valence-corrected chi connectivity index (χ1v) is 7.40. The monoisotopic (exact) mass is 374 g/mol. The van der Waals surface area contributed by atoms with Gasteiger partial charge in [0.1, 0.15) is 5.75 Å². The summed E-state index contributed by atoms with van der Waals surface area (Å²) in [4.78, 5) is 1.94. The molecule has 0 amide bonds. The first-order valence-electron chi connectivity index (χ1n) is 7.40. The van der Waals surface area contributed by atoms with Crippen LogP contribution < -0.4 is 10.1 Å². The summed E-state index contributed by atoms with van der Waals surface area (Å²) in [6.07, 6.45) is -8.44. The Balaban J connectivity index is 0.00000288. The van der Waals surface area contributed by atoms with Crippen molar-refractivity contribution < 1.29 is 26.7 Å². The van der Waals surface area contributed by atoms with E-state index >= 15 is 0 Å². The van der Waals surface area contributed by atoms with Crippen LogP contribution in [-0.2, 0) is 0 Å². The van der Waals surface area contributed by atoms with Gasteiger partial charge in [0.2, 0.25) is 0 Å². The van der Waals surface area contributed by atoms with Gasteiger partial charge in [-0.25, -0.2) is 0 Å². The summed E-state index contributed by atoms with van der Waals surface area (Å²) < 4.78 is 68.4. The molecule has 0 saturated carbocycles. The quantitative estimate of drug-likeness (QED) is 0.737. The van der Waals surface area contributed by atoms with E-state index in [1.807, 2.05) is 4.90 Å². The molecule has 1 heterocycles. The molecular weight excluding hydrogens is 355 g/mol. The Bertz CT molecular complexity index is 501. The molecule has 1 saturated heterocycles. The van der Waals surface area contributed by atoms with E-state index in [4.69, 9.17) is 0 Å². The van der Waals surface area contributed by atoms with Crippen molar-refractivity contribution in [3.05, 3.63) is 29.8 Å². The third-order valence-electron chi connectivity index (χ3n) is 3.75. The lowest BCUT2D eigenvalue weighted by Gasteiger charge is -2.35. The van der Waals surface area contributed by atoms with E-state index in [-0.39, 0.29) is 24.6 Å². The van der Waals surface area contributed by atoms with E-state index in [0.717, 1.165) is 0 Å². The van der Waals surface area contributed by atoms with Crippen LogP contribution >= 0.6 is 12.4 Å². The molecule has 0 spiro atoms. The van der Waals surface area contributed by atoms with Crippen molar-refractivity contribution in [1.29, 1.82) is 0 Å². The highest BCUT2D eigenvalue weighted by atomic mass is 35.5. The maximum atomic E-state index is 13.2. The van der Waals surface area contributed by atoms with Gasteiger partial charge < -0.3 is 10.1 Å². The fourth-order valence-electron chi connectivity index (χ4n) is 2.67. The number of hydrogen-bond donors (Lipinski definition) is 1. The molecule has 24 heavy (non-hydrogen) atoms. The van der Waals surface area contributed by atoms with Crippen LogP contribution in [0.2, 0.25) is 0 Å². The van der Waals surface area contributed by atoms with Crippen LogP contribution in [0.25, 0.3) is 0 Å². The van der Waals surface area contributed by atoms with Crippen molar-refractivity contribution in [2.45, 2.75) is 25.0 Å². The Morgan fingerprint density at radius 3 is 2.38 bits per heavy atom. The second kappa shape index (κ2) is 9.39. The Labute approximate surface area is 143 Å². The van der Waals surface area contributed by atoms with Crippen LogP contribution in [0.5, 0.6) is 5.75 Å². The average Bonchev–Trinajstić information content (AvgIpc) is 2.54. The average molecular weight is 375 g/mol. The summed E-state index contributed by atoms with van der Waals surface area (Å²) in [5, 5.41) is 3.15. The second-order valence-corrected chi connectivity index (χ2v) is 5.28. The number of alkyl halides is 5. The largest absolute Gasteiger partial charge is 0.461 e. The van der Waals surface area contributed by atoms with Crippen molar-refractivity contribution >= 4 is 12.4 Å². The van der Waals surface area contributed by atoms with E-state index in [1.54, 1.807) is 6.07 Å². The van der Waals surface area contributed by atoms with E-state index in [1.165, 1.54) is 18.2 Å². The van der Waals surface area contributed by atoms with Gasteiger partial charge in [0.25, 0.3) is 0 Å². The third-order valence-corrected chi connectivity index (χ3v) is 3.75. The highest BCUT2D eigenvalue weighted by Crippen LogP contribution is 2.36. The SMILES string of the molecule is Cl.FCC[C@H](c1ccccc1OC(F)(F)C(F)F)N1CCNCC1. The summed E-state index contributed by atoms with van der Waals surface area (Å²) in [6, 6.07) is 5.24. The van der Waals surface area contributed by atoms with Crippen LogP contribution in [0.15, 0.2) is 24.3 Å². The van der Waals surface area contributed by atoms with E-state index < -0.39 is 25.3 Å². The molecule has 0 aliphatic carbocycles. The topological polar surface area (TPSA) is 24.5 Å². The molecule has 1 N–H and O–H groups in total. The maximum Gasteiger partial charge on any atom is 0.461 e. The zero-order valence-corrected chi connectivity index (χ0v) is 13.7. The predicted molar refractivity (Wildman–Crippen MR) is 83.0 cm³/mol. The standard InChI is InChI=1S/C15H19F5N2O.ClH/c16-6-5-12(22-9-7-21-8-10-22)11-3-1-2-4-13(11)23-15(19,20)14(17)18;/h1-4,12,14,21H,5-10H2;1H/t12-;/m1./s1. The lowest BCUT2D eigenvalue weighted by molar-refractivity contribution is -0.253. The van der Waals surface area contributed by atoms with Gasteiger partial charge in [0.15, 0.2) is 0 Å². The molecule has 0 unspecified atom stereocenters. The minimum absolute atomic E-state index is 0. The van der Waals surface area contributed by atoms with Gasteiger partial charge in [-0.15, -0.1) is 12.4 Å². The number of nitrogens with one attached hydrogen (secondary N) is 1. The number of halogens is 6. The normalized spacial score (nSPS) is 17.4. The highest BCUT2D eigenvalue weighted by Gasteiger charge is 2.44. The minimum Gasteiger partial charge on any atom is -0.428 e. The van der Waals surface area contributed by atoms with Crippen LogP contribution in [0.4, 0.5) is 22.0 Å². The molecule has 2 rings (SSSR count). The molecule has 1 aliphatic rings. The molecule has 138 valence electrons. The fourth-order valence-corrected chi connectivity index (χ4v) is 2.67.